The Morgan fingerprint density at radius 2 is 1.96 bits per heavy atom. The van der Waals surface area contributed by atoms with Crippen molar-refractivity contribution >= 4 is 22.5 Å². The second-order valence-corrected chi connectivity index (χ2v) is 6.94. The SMILES string of the molecule is CNc1nc(Cc2ccc(N3CCN(C)CC3)cc2OC)nc2cc[nH]c12. The Bertz CT molecular complexity index is 929. The monoisotopic (exact) mass is 366 g/mol. The maximum atomic E-state index is 5.68. The number of aromatic nitrogens is 3. The number of likely N-dealkylation sites (N-methyl/N-ethyl adjacent to an activating group) is 1. The van der Waals surface area contributed by atoms with Crippen molar-refractivity contribution in [3.05, 3.63) is 41.9 Å². The van der Waals surface area contributed by atoms with Gasteiger partial charge in [-0.1, -0.05) is 6.07 Å². The Morgan fingerprint density at radius 3 is 2.70 bits per heavy atom. The molecule has 27 heavy (non-hydrogen) atoms. The average molecular weight is 366 g/mol. The van der Waals surface area contributed by atoms with Gasteiger partial charge >= 0.3 is 0 Å². The summed E-state index contributed by atoms with van der Waals surface area (Å²) in [5.41, 5.74) is 4.14. The minimum Gasteiger partial charge on any atom is -0.496 e. The van der Waals surface area contributed by atoms with Crippen molar-refractivity contribution in [3.63, 3.8) is 0 Å². The van der Waals surface area contributed by atoms with Crippen molar-refractivity contribution in [2.24, 2.45) is 0 Å². The van der Waals surface area contributed by atoms with E-state index in [1.807, 2.05) is 19.3 Å². The highest BCUT2D eigenvalue weighted by atomic mass is 16.5. The van der Waals surface area contributed by atoms with E-state index >= 15 is 0 Å². The maximum Gasteiger partial charge on any atom is 0.153 e. The predicted octanol–water partition coefficient (Wildman–Crippen LogP) is 2.35. The summed E-state index contributed by atoms with van der Waals surface area (Å²) >= 11 is 0. The number of hydrogen-bond acceptors (Lipinski definition) is 6. The van der Waals surface area contributed by atoms with E-state index in [2.05, 4.69) is 55.3 Å². The van der Waals surface area contributed by atoms with E-state index in [0.29, 0.717) is 6.42 Å². The lowest BCUT2D eigenvalue weighted by Gasteiger charge is -2.34. The van der Waals surface area contributed by atoms with Crippen molar-refractivity contribution in [3.8, 4) is 5.75 Å². The third-order valence-electron chi connectivity index (χ3n) is 5.18. The zero-order valence-electron chi connectivity index (χ0n) is 16.1. The molecule has 4 rings (SSSR count). The molecular formula is C20H26N6O. The van der Waals surface area contributed by atoms with Crippen LogP contribution in [0.15, 0.2) is 30.5 Å². The fourth-order valence-electron chi connectivity index (χ4n) is 3.56. The third-order valence-corrected chi connectivity index (χ3v) is 5.18. The highest BCUT2D eigenvalue weighted by Crippen LogP contribution is 2.28. The van der Waals surface area contributed by atoms with Crippen LogP contribution in [0.3, 0.4) is 0 Å². The lowest BCUT2D eigenvalue weighted by Crippen LogP contribution is -2.44. The molecule has 2 aromatic heterocycles. The van der Waals surface area contributed by atoms with Gasteiger partial charge in [0.15, 0.2) is 5.82 Å². The van der Waals surface area contributed by atoms with Gasteiger partial charge in [0.25, 0.3) is 0 Å². The summed E-state index contributed by atoms with van der Waals surface area (Å²) < 4.78 is 5.68. The number of piperazine rings is 1. The molecule has 1 fully saturated rings. The van der Waals surface area contributed by atoms with Crippen LogP contribution in [0.2, 0.25) is 0 Å². The number of methoxy groups -OCH3 is 1. The van der Waals surface area contributed by atoms with Crippen molar-refractivity contribution in [2.75, 3.05) is 57.6 Å². The number of nitrogens with zero attached hydrogens (tertiary/aromatic N) is 4. The fraction of sp³-hybridized carbons (Fsp3) is 0.400. The average Bonchev–Trinajstić information content (AvgIpc) is 3.17. The van der Waals surface area contributed by atoms with E-state index in [1.54, 1.807) is 7.11 Å². The molecule has 3 heterocycles. The summed E-state index contributed by atoms with van der Waals surface area (Å²) in [5, 5.41) is 3.14. The summed E-state index contributed by atoms with van der Waals surface area (Å²) in [4.78, 5) is 17.3. The van der Waals surface area contributed by atoms with Crippen molar-refractivity contribution in [1.82, 2.24) is 19.9 Å². The fourth-order valence-corrected chi connectivity index (χ4v) is 3.56. The van der Waals surface area contributed by atoms with Gasteiger partial charge in [-0.15, -0.1) is 0 Å². The molecule has 7 heteroatoms. The van der Waals surface area contributed by atoms with Crippen molar-refractivity contribution < 1.29 is 4.74 Å². The summed E-state index contributed by atoms with van der Waals surface area (Å²) in [6.07, 6.45) is 2.51. The number of ether oxygens (including phenoxy) is 1. The number of benzene rings is 1. The lowest BCUT2D eigenvalue weighted by molar-refractivity contribution is 0.312. The molecule has 0 amide bonds. The molecule has 0 spiro atoms. The molecule has 0 aliphatic carbocycles. The van der Waals surface area contributed by atoms with Gasteiger partial charge < -0.3 is 24.8 Å². The molecule has 142 valence electrons. The summed E-state index contributed by atoms with van der Waals surface area (Å²) in [6, 6.07) is 8.41. The number of rotatable bonds is 5. The molecule has 1 saturated heterocycles. The van der Waals surface area contributed by atoms with Crippen molar-refractivity contribution in [2.45, 2.75) is 6.42 Å². The summed E-state index contributed by atoms with van der Waals surface area (Å²) in [5.74, 6) is 2.47. The molecule has 0 saturated carbocycles. The van der Waals surface area contributed by atoms with Crippen LogP contribution < -0.4 is 15.0 Å². The van der Waals surface area contributed by atoms with Gasteiger partial charge in [0.05, 0.1) is 12.6 Å². The van der Waals surface area contributed by atoms with E-state index in [-0.39, 0.29) is 0 Å². The first-order chi connectivity index (χ1) is 13.2. The van der Waals surface area contributed by atoms with Gasteiger partial charge in [-0.25, -0.2) is 9.97 Å². The van der Waals surface area contributed by atoms with Crippen LogP contribution in [-0.4, -0.2) is 67.2 Å². The number of H-pyrrole nitrogens is 1. The van der Waals surface area contributed by atoms with E-state index < -0.39 is 0 Å². The van der Waals surface area contributed by atoms with E-state index in [0.717, 1.165) is 60.2 Å². The Balaban J connectivity index is 1.60. The van der Waals surface area contributed by atoms with Crippen LogP contribution >= 0.6 is 0 Å². The van der Waals surface area contributed by atoms with Crippen molar-refractivity contribution in [1.29, 1.82) is 0 Å². The standard InChI is InChI=1S/C20H26N6O/c1-21-20-19-16(6-7-22-19)23-18(24-20)12-14-4-5-15(13-17(14)27-3)26-10-8-25(2)9-11-26/h4-7,13,22H,8-12H2,1-3H3,(H,21,23,24). The molecule has 1 aliphatic heterocycles. The highest BCUT2D eigenvalue weighted by molar-refractivity contribution is 5.85. The zero-order valence-corrected chi connectivity index (χ0v) is 16.1. The molecule has 0 atom stereocenters. The first kappa shape index (κ1) is 17.6. The molecular weight excluding hydrogens is 340 g/mol. The van der Waals surface area contributed by atoms with Gasteiger partial charge in [0, 0.05) is 63.2 Å². The molecule has 2 N–H and O–H groups in total. The molecule has 0 radical (unpaired) electrons. The van der Waals surface area contributed by atoms with Crippen LogP contribution in [0.25, 0.3) is 11.0 Å². The van der Waals surface area contributed by atoms with Gasteiger partial charge in [-0.05, 0) is 19.2 Å². The normalized spacial score (nSPS) is 15.3. The second kappa shape index (κ2) is 7.44. The molecule has 7 nitrogen and oxygen atoms in total. The number of nitrogens with one attached hydrogen (secondary N) is 2. The van der Waals surface area contributed by atoms with Gasteiger partial charge in [-0.2, -0.15) is 0 Å². The van der Waals surface area contributed by atoms with Crippen LogP contribution in [0.4, 0.5) is 11.5 Å². The first-order valence-electron chi connectivity index (χ1n) is 9.30. The predicted molar refractivity (Wildman–Crippen MR) is 109 cm³/mol. The second-order valence-electron chi connectivity index (χ2n) is 6.94. The lowest BCUT2D eigenvalue weighted by atomic mass is 10.1. The number of fused-ring (bicyclic) bond motifs is 1. The van der Waals surface area contributed by atoms with Gasteiger partial charge in [-0.3, -0.25) is 0 Å². The Hall–Kier alpha value is -2.80. The van der Waals surface area contributed by atoms with E-state index in [9.17, 15) is 0 Å². The maximum absolute atomic E-state index is 5.68. The minimum atomic E-state index is 0.627. The van der Waals surface area contributed by atoms with Gasteiger partial charge in [0.1, 0.15) is 17.1 Å². The molecule has 0 bridgehead atoms. The number of anilines is 2. The van der Waals surface area contributed by atoms with Crippen LogP contribution in [0, 0.1) is 0 Å². The molecule has 1 aromatic carbocycles. The number of hydrogen-bond donors (Lipinski definition) is 2. The Kier molecular flexibility index (Phi) is 4.85. The summed E-state index contributed by atoms with van der Waals surface area (Å²) in [7, 11) is 5.77. The van der Waals surface area contributed by atoms with Gasteiger partial charge in [0.2, 0.25) is 0 Å². The topological polar surface area (TPSA) is 69.3 Å². The number of aromatic amines is 1. The smallest absolute Gasteiger partial charge is 0.153 e. The van der Waals surface area contributed by atoms with E-state index in [4.69, 9.17) is 4.74 Å². The Labute approximate surface area is 159 Å². The quantitative estimate of drug-likeness (QED) is 0.722. The van der Waals surface area contributed by atoms with Crippen LogP contribution in [0.5, 0.6) is 5.75 Å². The molecule has 0 unspecified atom stereocenters. The zero-order chi connectivity index (χ0) is 18.8. The minimum absolute atomic E-state index is 0.627. The first-order valence-corrected chi connectivity index (χ1v) is 9.30. The van der Waals surface area contributed by atoms with Crippen LogP contribution in [-0.2, 0) is 6.42 Å². The largest absolute Gasteiger partial charge is 0.496 e. The summed E-state index contributed by atoms with van der Waals surface area (Å²) in [6.45, 7) is 4.25. The molecule has 1 aliphatic rings. The molecule has 3 aromatic rings. The van der Waals surface area contributed by atoms with E-state index in [1.165, 1.54) is 5.69 Å². The third kappa shape index (κ3) is 3.55. The Morgan fingerprint density at radius 1 is 1.15 bits per heavy atom. The van der Waals surface area contributed by atoms with Crippen LogP contribution in [0.1, 0.15) is 11.4 Å². The highest BCUT2D eigenvalue weighted by Gasteiger charge is 2.17.